The molecule has 0 bridgehead atoms. The summed E-state index contributed by atoms with van der Waals surface area (Å²) in [5.41, 5.74) is 9.46. The van der Waals surface area contributed by atoms with Crippen LogP contribution >= 0.6 is 23.5 Å². The molecule has 4 N–H and O–H groups in total. The first-order chi connectivity index (χ1) is 12.7. The van der Waals surface area contributed by atoms with Gasteiger partial charge in [0.05, 0.1) is 6.26 Å². The Bertz CT molecular complexity index is 775. The van der Waals surface area contributed by atoms with Crippen LogP contribution in [0, 0.1) is 11.7 Å². The SMILES string of the molecule is CS(=O)(=O)OC1(C(N)=O)CCCCC1CSc1ccc(SCCN)c(F)c1. The van der Waals surface area contributed by atoms with Crippen molar-refractivity contribution in [1.82, 2.24) is 0 Å². The Morgan fingerprint density at radius 1 is 1.37 bits per heavy atom. The van der Waals surface area contributed by atoms with Crippen LogP contribution in [0.1, 0.15) is 25.7 Å². The van der Waals surface area contributed by atoms with Crippen LogP contribution in [0.5, 0.6) is 0 Å². The van der Waals surface area contributed by atoms with Crippen LogP contribution in [-0.2, 0) is 19.1 Å². The van der Waals surface area contributed by atoms with E-state index in [1.807, 2.05) is 0 Å². The molecule has 0 radical (unpaired) electrons. The Kier molecular flexibility index (Phi) is 7.99. The number of halogens is 1. The average molecular weight is 437 g/mol. The first-order valence-electron chi connectivity index (χ1n) is 8.63. The molecule has 0 heterocycles. The minimum atomic E-state index is -3.85. The molecule has 0 spiro atoms. The molecule has 152 valence electrons. The Labute approximate surface area is 168 Å². The third kappa shape index (κ3) is 6.08. The third-order valence-corrected chi connectivity index (χ3v) is 7.30. The maximum absolute atomic E-state index is 14.2. The van der Waals surface area contributed by atoms with Gasteiger partial charge in [0.15, 0.2) is 5.60 Å². The number of carbonyl (C=O) groups is 1. The van der Waals surface area contributed by atoms with Crippen LogP contribution in [0.15, 0.2) is 28.0 Å². The van der Waals surface area contributed by atoms with Gasteiger partial charge >= 0.3 is 0 Å². The van der Waals surface area contributed by atoms with Crippen LogP contribution in [-0.4, -0.2) is 44.2 Å². The molecule has 0 aromatic heterocycles. The summed E-state index contributed by atoms with van der Waals surface area (Å²) in [7, 11) is -3.85. The predicted molar refractivity (Wildman–Crippen MR) is 107 cm³/mol. The lowest BCUT2D eigenvalue weighted by Gasteiger charge is -2.40. The summed E-state index contributed by atoms with van der Waals surface area (Å²) in [6.45, 7) is 0.470. The van der Waals surface area contributed by atoms with Gasteiger partial charge in [-0.2, -0.15) is 8.42 Å². The van der Waals surface area contributed by atoms with Gasteiger partial charge in [0.25, 0.3) is 16.0 Å². The highest BCUT2D eigenvalue weighted by Gasteiger charge is 2.49. The van der Waals surface area contributed by atoms with Crippen molar-refractivity contribution in [2.24, 2.45) is 17.4 Å². The number of hydrogen-bond donors (Lipinski definition) is 2. The van der Waals surface area contributed by atoms with E-state index in [0.29, 0.717) is 40.7 Å². The van der Waals surface area contributed by atoms with Crippen molar-refractivity contribution >= 4 is 39.5 Å². The van der Waals surface area contributed by atoms with E-state index in [0.717, 1.165) is 12.7 Å². The van der Waals surface area contributed by atoms with Crippen molar-refractivity contribution in [2.45, 2.75) is 41.1 Å². The van der Waals surface area contributed by atoms with Crippen molar-refractivity contribution in [3.8, 4) is 0 Å². The van der Waals surface area contributed by atoms with Gasteiger partial charge in [-0.3, -0.25) is 8.98 Å². The Morgan fingerprint density at radius 3 is 2.70 bits per heavy atom. The van der Waals surface area contributed by atoms with Gasteiger partial charge in [-0.1, -0.05) is 6.42 Å². The lowest BCUT2D eigenvalue weighted by molar-refractivity contribution is -0.140. The smallest absolute Gasteiger partial charge is 0.265 e. The average Bonchev–Trinajstić information content (AvgIpc) is 2.58. The number of nitrogens with two attached hydrogens (primary N) is 2. The van der Waals surface area contributed by atoms with E-state index >= 15 is 0 Å². The predicted octanol–water partition coefficient (Wildman–Crippen LogP) is 2.36. The molecule has 1 aliphatic carbocycles. The van der Waals surface area contributed by atoms with Crippen molar-refractivity contribution < 1.29 is 21.8 Å². The zero-order chi connectivity index (χ0) is 20.1. The van der Waals surface area contributed by atoms with Crippen molar-refractivity contribution in [3.05, 3.63) is 24.0 Å². The topological polar surface area (TPSA) is 112 Å². The minimum absolute atomic E-state index is 0.268. The molecule has 2 unspecified atom stereocenters. The molecule has 27 heavy (non-hydrogen) atoms. The lowest BCUT2D eigenvalue weighted by atomic mass is 9.76. The molecule has 1 aliphatic rings. The summed E-state index contributed by atoms with van der Waals surface area (Å²) in [5, 5.41) is 0. The second kappa shape index (κ2) is 9.60. The highest BCUT2D eigenvalue weighted by atomic mass is 32.2. The van der Waals surface area contributed by atoms with Crippen molar-refractivity contribution in [2.75, 3.05) is 24.3 Å². The van der Waals surface area contributed by atoms with Crippen LogP contribution in [0.3, 0.4) is 0 Å². The van der Waals surface area contributed by atoms with E-state index in [4.69, 9.17) is 15.7 Å². The summed E-state index contributed by atoms with van der Waals surface area (Å²) >= 11 is 2.72. The van der Waals surface area contributed by atoms with Gasteiger partial charge in [0.2, 0.25) is 0 Å². The number of amides is 1. The number of hydrogen-bond acceptors (Lipinski definition) is 7. The van der Waals surface area contributed by atoms with Gasteiger partial charge in [0.1, 0.15) is 5.82 Å². The normalized spacial score (nSPS) is 23.3. The summed E-state index contributed by atoms with van der Waals surface area (Å²) < 4.78 is 42.8. The fourth-order valence-electron chi connectivity index (χ4n) is 3.23. The molecular weight excluding hydrogens is 411 g/mol. The van der Waals surface area contributed by atoms with Gasteiger partial charge in [-0.05, 0) is 37.5 Å². The molecule has 0 aliphatic heterocycles. The summed E-state index contributed by atoms with van der Waals surface area (Å²) in [6.07, 6.45) is 3.34. The third-order valence-electron chi connectivity index (χ3n) is 4.46. The first-order valence-corrected chi connectivity index (χ1v) is 12.4. The van der Waals surface area contributed by atoms with Gasteiger partial charge in [-0.25, -0.2) is 4.39 Å². The molecule has 2 rings (SSSR count). The van der Waals surface area contributed by atoms with E-state index in [9.17, 15) is 17.6 Å². The fraction of sp³-hybridized carbons (Fsp3) is 0.588. The molecule has 6 nitrogen and oxygen atoms in total. The van der Waals surface area contributed by atoms with Crippen LogP contribution in [0.4, 0.5) is 4.39 Å². The van der Waals surface area contributed by atoms with Gasteiger partial charge < -0.3 is 11.5 Å². The van der Waals surface area contributed by atoms with Crippen molar-refractivity contribution in [1.29, 1.82) is 0 Å². The molecule has 1 aromatic carbocycles. The quantitative estimate of drug-likeness (QED) is 0.451. The van der Waals surface area contributed by atoms with E-state index in [-0.39, 0.29) is 18.2 Å². The number of carbonyl (C=O) groups excluding carboxylic acids is 1. The standard InChI is InChI=1S/C17H25FN2O4S3/c1-27(22,23)24-17(16(20)21)7-3-2-4-12(17)11-26-13-5-6-15(14(18)10-13)25-9-8-19/h5-6,10,12H,2-4,7-9,11,19H2,1H3,(H2,20,21). The summed E-state index contributed by atoms with van der Waals surface area (Å²) in [6, 6.07) is 4.95. The maximum Gasteiger partial charge on any atom is 0.265 e. The van der Waals surface area contributed by atoms with Gasteiger partial charge in [0, 0.05) is 33.8 Å². The summed E-state index contributed by atoms with van der Waals surface area (Å²) in [5.74, 6) is -0.408. The van der Waals surface area contributed by atoms with E-state index < -0.39 is 21.6 Å². The Morgan fingerprint density at radius 2 is 2.11 bits per heavy atom. The number of rotatable bonds is 9. The second-order valence-corrected chi connectivity index (χ2v) is 10.3. The van der Waals surface area contributed by atoms with E-state index in [2.05, 4.69) is 0 Å². The minimum Gasteiger partial charge on any atom is -0.367 e. The Balaban J connectivity index is 2.14. The molecular formula is C17H25FN2O4S3. The van der Waals surface area contributed by atoms with Crippen molar-refractivity contribution in [3.63, 3.8) is 0 Å². The largest absolute Gasteiger partial charge is 0.367 e. The molecule has 10 heteroatoms. The lowest BCUT2D eigenvalue weighted by Crippen LogP contribution is -2.55. The molecule has 1 amide bonds. The molecule has 2 atom stereocenters. The Hall–Kier alpha value is -0.810. The second-order valence-electron chi connectivity index (χ2n) is 6.52. The number of primary amides is 1. The molecule has 1 fully saturated rings. The monoisotopic (exact) mass is 436 g/mol. The molecule has 1 saturated carbocycles. The van der Waals surface area contributed by atoms with E-state index in [1.165, 1.54) is 29.6 Å². The van der Waals surface area contributed by atoms with Crippen LogP contribution in [0.25, 0.3) is 0 Å². The number of thioether (sulfide) groups is 2. The summed E-state index contributed by atoms with van der Waals surface area (Å²) in [4.78, 5) is 13.4. The fourth-order valence-corrected chi connectivity index (χ4v) is 5.95. The van der Waals surface area contributed by atoms with Crippen LogP contribution < -0.4 is 11.5 Å². The van der Waals surface area contributed by atoms with Gasteiger partial charge in [-0.15, -0.1) is 23.5 Å². The highest BCUT2D eigenvalue weighted by Crippen LogP contribution is 2.41. The maximum atomic E-state index is 14.2. The number of benzene rings is 1. The first kappa shape index (κ1) is 22.5. The zero-order valence-electron chi connectivity index (χ0n) is 15.1. The molecule has 0 saturated heterocycles. The van der Waals surface area contributed by atoms with E-state index in [1.54, 1.807) is 12.1 Å². The highest BCUT2D eigenvalue weighted by molar-refractivity contribution is 7.99. The zero-order valence-corrected chi connectivity index (χ0v) is 17.6. The van der Waals surface area contributed by atoms with Crippen LogP contribution in [0.2, 0.25) is 0 Å². The molecule has 1 aromatic rings.